The van der Waals surface area contributed by atoms with Crippen LogP contribution in [0.4, 0.5) is 5.69 Å². The number of likely N-dealkylation sites (N-methyl/N-ethyl adjacent to an activating group) is 1. The first kappa shape index (κ1) is 28.5. The molecule has 2 amide bonds. The zero-order valence-corrected chi connectivity index (χ0v) is 23.1. The summed E-state index contributed by atoms with van der Waals surface area (Å²) in [6.07, 6.45) is 0. The molecule has 0 saturated heterocycles. The van der Waals surface area contributed by atoms with Crippen LogP contribution in [0.25, 0.3) is 0 Å². The van der Waals surface area contributed by atoms with E-state index in [4.69, 9.17) is 23.2 Å². The molecule has 0 aliphatic heterocycles. The molecule has 10 heteroatoms. The highest BCUT2D eigenvalue weighted by molar-refractivity contribution is 7.92. The number of carbonyl (C=O) groups excluding carboxylic acids is 2. The molecule has 0 bridgehead atoms. The molecule has 0 fully saturated rings. The largest absolute Gasteiger partial charge is 0.355 e. The summed E-state index contributed by atoms with van der Waals surface area (Å²) < 4.78 is 28.5. The number of nitrogens with zero attached hydrogens (tertiary/aromatic N) is 2. The molecular weight excluding hydrogens is 533 g/mol. The van der Waals surface area contributed by atoms with Gasteiger partial charge in [0.2, 0.25) is 11.8 Å². The van der Waals surface area contributed by atoms with Crippen molar-refractivity contribution in [3.05, 3.63) is 94.0 Å². The third-order valence-electron chi connectivity index (χ3n) is 5.75. The van der Waals surface area contributed by atoms with E-state index in [0.717, 1.165) is 15.4 Å². The molecule has 0 radical (unpaired) electrons. The lowest BCUT2D eigenvalue weighted by molar-refractivity contribution is -0.139. The van der Waals surface area contributed by atoms with Gasteiger partial charge in [-0.2, -0.15) is 0 Å². The van der Waals surface area contributed by atoms with E-state index in [1.807, 2.05) is 13.0 Å². The van der Waals surface area contributed by atoms with Crippen LogP contribution in [0.1, 0.15) is 25.0 Å². The maximum atomic E-state index is 13.8. The molecule has 3 rings (SSSR count). The van der Waals surface area contributed by atoms with Gasteiger partial charge < -0.3 is 10.2 Å². The van der Waals surface area contributed by atoms with Crippen LogP contribution in [0.3, 0.4) is 0 Å². The maximum Gasteiger partial charge on any atom is 0.264 e. The summed E-state index contributed by atoms with van der Waals surface area (Å²) in [5.74, 6) is -0.875. The van der Waals surface area contributed by atoms with Crippen LogP contribution in [0.2, 0.25) is 10.0 Å². The minimum Gasteiger partial charge on any atom is -0.355 e. The molecule has 3 aromatic carbocycles. The normalized spacial score (nSPS) is 12.0. The highest BCUT2D eigenvalue weighted by Gasteiger charge is 2.32. The van der Waals surface area contributed by atoms with Crippen LogP contribution < -0.4 is 9.62 Å². The highest BCUT2D eigenvalue weighted by atomic mass is 35.5. The number of halogens is 2. The average Bonchev–Trinajstić information content (AvgIpc) is 2.86. The number of nitrogens with one attached hydrogen (secondary N) is 1. The van der Waals surface area contributed by atoms with E-state index in [-0.39, 0.29) is 17.3 Å². The number of aryl methyl sites for hydroxylation is 1. The second kappa shape index (κ2) is 12.4. The fourth-order valence-corrected chi connectivity index (χ4v) is 5.39. The third-order valence-corrected chi connectivity index (χ3v) is 8.05. The van der Waals surface area contributed by atoms with Crippen molar-refractivity contribution >= 4 is 50.7 Å². The van der Waals surface area contributed by atoms with E-state index >= 15 is 0 Å². The minimum atomic E-state index is -4.14. The first-order valence-electron chi connectivity index (χ1n) is 11.7. The Labute approximate surface area is 228 Å². The van der Waals surface area contributed by atoms with E-state index in [2.05, 4.69) is 5.32 Å². The predicted molar refractivity (Wildman–Crippen MR) is 147 cm³/mol. The Morgan fingerprint density at radius 3 is 2.11 bits per heavy atom. The van der Waals surface area contributed by atoms with Gasteiger partial charge in [0.25, 0.3) is 10.0 Å². The molecule has 0 saturated carbocycles. The van der Waals surface area contributed by atoms with Gasteiger partial charge in [0.05, 0.1) is 10.6 Å². The van der Waals surface area contributed by atoms with Crippen LogP contribution >= 0.6 is 23.2 Å². The summed E-state index contributed by atoms with van der Waals surface area (Å²) in [6, 6.07) is 18.7. The minimum absolute atomic E-state index is 0.00719. The van der Waals surface area contributed by atoms with E-state index in [0.29, 0.717) is 22.3 Å². The van der Waals surface area contributed by atoms with Gasteiger partial charge in [0.1, 0.15) is 12.6 Å². The van der Waals surface area contributed by atoms with Gasteiger partial charge in [-0.15, -0.1) is 0 Å². The van der Waals surface area contributed by atoms with Crippen LogP contribution in [0, 0.1) is 6.92 Å². The van der Waals surface area contributed by atoms with Crippen molar-refractivity contribution in [3.8, 4) is 0 Å². The Hall–Kier alpha value is -3.07. The van der Waals surface area contributed by atoms with Crippen molar-refractivity contribution in [2.45, 2.75) is 38.3 Å². The first-order chi connectivity index (χ1) is 17.5. The van der Waals surface area contributed by atoms with Gasteiger partial charge in [-0.1, -0.05) is 47.5 Å². The van der Waals surface area contributed by atoms with Gasteiger partial charge in [-0.05, 0) is 80.4 Å². The number of anilines is 1. The molecule has 0 aromatic heterocycles. The Kier molecular flexibility index (Phi) is 9.59. The van der Waals surface area contributed by atoms with E-state index in [9.17, 15) is 18.0 Å². The van der Waals surface area contributed by atoms with Crippen LogP contribution in [0.15, 0.2) is 77.7 Å². The van der Waals surface area contributed by atoms with Gasteiger partial charge in [0, 0.05) is 23.1 Å². The summed E-state index contributed by atoms with van der Waals surface area (Å²) >= 11 is 12.0. The monoisotopic (exact) mass is 561 g/mol. The zero-order valence-electron chi connectivity index (χ0n) is 20.8. The number of rotatable bonds is 10. The van der Waals surface area contributed by atoms with Crippen molar-refractivity contribution < 1.29 is 18.0 Å². The lowest BCUT2D eigenvalue weighted by Crippen LogP contribution is -2.51. The fourth-order valence-electron chi connectivity index (χ4n) is 3.74. The molecule has 0 aliphatic rings. The van der Waals surface area contributed by atoms with Crippen LogP contribution in [-0.4, -0.2) is 44.3 Å². The molecule has 7 nitrogen and oxygen atoms in total. The Morgan fingerprint density at radius 2 is 1.54 bits per heavy atom. The molecule has 1 atom stereocenters. The van der Waals surface area contributed by atoms with E-state index in [1.54, 1.807) is 56.3 Å². The van der Waals surface area contributed by atoms with Gasteiger partial charge in [-0.25, -0.2) is 8.42 Å². The Morgan fingerprint density at radius 1 is 0.946 bits per heavy atom. The van der Waals surface area contributed by atoms with Crippen molar-refractivity contribution in [1.82, 2.24) is 10.2 Å². The van der Waals surface area contributed by atoms with Gasteiger partial charge >= 0.3 is 0 Å². The number of benzene rings is 3. The smallest absolute Gasteiger partial charge is 0.264 e. The fraction of sp³-hybridized carbons (Fsp3) is 0.259. The molecule has 0 spiro atoms. The highest BCUT2D eigenvalue weighted by Crippen LogP contribution is 2.26. The molecule has 0 heterocycles. The summed E-state index contributed by atoms with van der Waals surface area (Å²) in [5, 5.41) is 3.66. The topological polar surface area (TPSA) is 86.8 Å². The molecule has 37 heavy (non-hydrogen) atoms. The molecule has 0 aliphatic carbocycles. The van der Waals surface area contributed by atoms with Crippen molar-refractivity contribution in [1.29, 1.82) is 0 Å². The predicted octanol–water partition coefficient (Wildman–Crippen LogP) is 5.05. The Bertz CT molecular complexity index is 1350. The second-order valence-electron chi connectivity index (χ2n) is 8.52. The van der Waals surface area contributed by atoms with Crippen molar-refractivity contribution in [3.63, 3.8) is 0 Å². The third kappa shape index (κ3) is 7.25. The quantitative estimate of drug-likeness (QED) is 0.375. The molecular formula is C27H29Cl2N3O4S. The summed E-state index contributed by atoms with van der Waals surface area (Å²) in [7, 11) is -4.14. The summed E-state index contributed by atoms with van der Waals surface area (Å²) in [5.41, 5.74) is 1.91. The number of sulfonamides is 1. The van der Waals surface area contributed by atoms with Gasteiger partial charge in [-0.3, -0.25) is 13.9 Å². The second-order valence-corrected chi connectivity index (χ2v) is 11.3. The van der Waals surface area contributed by atoms with Crippen molar-refractivity contribution in [2.24, 2.45) is 0 Å². The SMILES string of the molecule is CCNC(=O)[C@H](C)N(Cc1ccc(Cl)cc1)C(=O)CN(c1cccc(C)c1)S(=O)(=O)c1ccc(Cl)cc1. The van der Waals surface area contributed by atoms with Crippen LogP contribution in [0.5, 0.6) is 0 Å². The number of amides is 2. The number of carbonyl (C=O) groups is 2. The van der Waals surface area contributed by atoms with Gasteiger partial charge in [0.15, 0.2) is 0 Å². The molecule has 3 aromatic rings. The summed E-state index contributed by atoms with van der Waals surface area (Å²) in [4.78, 5) is 27.8. The zero-order chi connectivity index (χ0) is 27.2. The lowest BCUT2D eigenvalue weighted by Gasteiger charge is -2.32. The number of hydrogen-bond acceptors (Lipinski definition) is 4. The standard InChI is InChI=1S/C27H29Cl2N3O4S/c1-4-30-27(34)20(3)31(17-21-8-10-22(28)11-9-21)26(33)18-32(24-7-5-6-19(2)16-24)37(35,36)25-14-12-23(29)13-15-25/h5-16,20H,4,17-18H2,1-3H3,(H,30,34)/t20-/m0/s1. The molecule has 0 unspecified atom stereocenters. The summed E-state index contributed by atoms with van der Waals surface area (Å²) in [6.45, 7) is 5.22. The molecule has 1 N–H and O–H groups in total. The van der Waals surface area contributed by atoms with Crippen molar-refractivity contribution in [2.75, 3.05) is 17.4 Å². The van der Waals surface area contributed by atoms with E-state index < -0.39 is 28.5 Å². The first-order valence-corrected chi connectivity index (χ1v) is 13.9. The average molecular weight is 563 g/mol. The Balaban J connectivity index is 2.02. The molecule has 196 valence electrons. The lowest BCUT2D eigenvalue weighted by atomic mass is 10.1. The van der Waals surface area contributed by atoms with E-state index in [1.165, 1.54) is 29.2 Å². The number of hydrogen-bond donors (Lipinski definition) is 1. The maximum absolute atomic E-state index is 13.8. The van der Waals surface area contributed by atoms with Crippen LogP contribution in [-0.2, 0) is 26.2 Å².